The molecule has 1 aliphatic carbocycles. The topological polar surface area (TPSA) is 108 Å². The highest BCUT2D eigenvalue weighted by atomic mass is 32.2. The van der Waals surface area contributed by atoms with Crippen LogP contribution in [-0.4, -0.2) is 13.5 Å². The van der Waals surface area contributed by atoms with E-state index in [0.717, 1.165) is 41.2 Å². The smallest absolute Gasteiger partial charge is 0.339 e. The van der Waals surface area contributed by atoms with Gasteiger partial charge in [0.15, 0.2) is 9.84 Å². The van der Waals surface area contributed by atoms with Crippen LogP contribution in [0, 0.1) is 11.3 Å². The van der Waals surface area contributed by atoms with Gasteiger partial charge < -0.3 is 9.52 Å². The Balaban J connectivity index is 1.58. The second-order valence-electron chi connectivity index (χ2n) is 10.6. The largest absolute Gasteiger partial charge is 0.508 e. The molecule has 1 aromatic heterocycles. The predicted molar refractivity (Wildman–Crippen MR) is 153 cm³/mol. The van der Waals surface area contributed by atoms with Gasteiger partial charge in [0.2, 0.25) is 0 Å². The molecule has 1 N–H and O–H groups in total. The van der Waals surface area contributed by atoms with Gasteiger partial charge in [0.05, 0.1) is 28.3 Å². The number of hydrogen-bond acceptors (Lipinski definition) is 6. The Morgan fingerprint density at radius 3 is 2.27 bits per heavy atom. The number of benzene rings is 3. The van der Waals surface area contributed by atoms with Gasteiger partial charge in [0.25, 0.3) is 0 Å². The minimum Gasteiger partial charge on any atom is -0.508 e. The van der Waals surface area contributed by atoms with E-state index in [2.05, 4.69) is 0 Å². The summed E-state index contributed by atoms with van der Waals surface area (Å²) >= 11 is 0. The molecular formula is C33H31NO5S. The van der Waals surface area contributed by atoms with Gasteiger partial charge in [-0.25, -0.2) is 13.2 Å². The minimum absolute atomic E-state index is 0.137. The summed E-state index contributed by atoms with van der Waals surface area (Å²) in [6.45, 7) is 2.04. The zero-order chi connectivity index (χ0) is 28.3. The van der Waals surface area contributed by atoms with E-state index in [1.807, 2.05) is 61.5 Å². The van der Waals surface area contributed by atoms with Crippen molar-refractivity contribution in [3.05, 3.63) is 129 Å². The maximum atomic E-state index is 13.4. The molecule has 0 radical (unpaired) electrons. The number of sulfone groups is 1. The van der Waals surface area contributed by atoms with Crippen LogP contribution in [0.25, 0.3) is 0 Å². The van der Waals surface area contributed by atoms with Crippen LogP contribution in [0.2, 0.25) is 0 Å². The number of nitrogens with zero attached hydrogens (tertiary/aromatic N) is 1. The second-order valence-corrected chi connectivity index (χ2v) is 12.6. The highest BCUT2D eigenvalue weighted by Gasteiger charge is 2.38. The molecule has 0 spiro atoms. The highest BCUT2D eigenvalue weighted by Crippen LogP contribution is 2.46. The highest BCUT2D eigenvalue weighted by molar-refractivity contribution is 7.90. The normalized spacial score (nSPS) is 14.8. The van der Waals surface area contributed by atoms with E-state index in [4.69, 9.17) is 9.68 Å². The van der Waals surface area contributed by atoms with E-state index in [-0.39, 0.29) is 22.3 Å². The first kappa shape index (κ1) is 27.4. The van der Waals surface area contributed by atoms with Crippen LogP contribution in [-0.2, 0) is 33.8 Å². The van der Waals surface area contributed by atoms with Crippen LogP contribution in [0.15, 0.2) is 99.0 Å². The lowest BCUT2D eigenvalue weighted by molar-refractivity contribution is 0.294. The van der Waals surface area contributed by atoms with Gasteiger partial charge in [-0.2, -0.15) is 5.26 Å². The summed E-state index contributed by atoms with van der Waals surface area (Å²) in [6.07, 6.45) is 3.70. The third kappa shape index (κ3) is 5.88. The van der Waals surface area contributed by atoms with Crippen LogP contribution in [0.5, 0.6) is 5.75 Å². The molecule has 1 saturated carbocycles. The lowest BCUT2D eigenvalue weighted by atomic mass is 9.71. The van der Waals surface area contributed by atoms with Gasteiger partial charge in [-0.15, -0.1) is 0 Å². The van der Waals surface area contributed by atoms with Crippen molar-refractivity contribution in [2.24, 2.45) is 0 Å². The molecule has 6 nitrogen and oxygen atoms in total. The SMILES string of the molecule is CCC(Cc1ccccc1)(Cc1cccc(CS(=O)(=O)c2ccc(C#N)cc2)c1C1CC1)c1cc(O)cc(=O)o1. The first-order valence-corrected chi connectivity index (χ1v) is 15.1. The molecule has 3 aromatic carbocycles. The molecule has 7 heteroatoms. The summed E-state index contributed by atoms with van der Waals surface area (Å²) in [6, 6.07) is 26.4. The standard InChI is InChI=1S/C33H31NO5S/c1-2-33(19-23-7-4-3-5-8-23,30-17-28(35)18-31(36)39-30)20-26-9-6-10-27(32(26)25-13-14-25)22-40(37,38)29-15-11-24(21-34)12-16-29/h3-12,15-18,25,35H,2,13-14,19-20,22H2,1H3. The Hall–Kier alpha value is -4.15. The average molecular weight is 554 g/mol. The van der Waals surface area contributed by atoms with E-state index < -0.39 is 20.9 Å². The van der Waals surface area contributed by atoms with Crippen LogP contribution in [0.1, 0.15) is 65.7 Å². The van der Waals surface area contributed by atoms with Crippen LogP contribution >= 0.6 is 0 Å². The maximum Gasteiger partial charge on any atom is 0.339 e. The Bertz CT molecular complexity index is 1720. The monoisotopic (exact) mass is 553 g/mol. The van der Waals surface area contributed by atoms with Crippen molar-refractivity contribution in [1.82, 2.24) is 0 Å². The summed E-state index contributed by atoms with van der Waals surface area (Å²) in [5.41, 5.74) is 3.08. The van der Waals surface area contributed by atoms with Crippen molar-refractivity contribution in [1.29, 1.82) is 5.26 Å². The van der Waals surface area contributed by atoms with Crippen molar-refractivity contribution in [3.63, 3.8) is 0 Å². The molecule has 204 valence electrons. The summed E-state index contributed by atoms with van der Waals surface area (Å²) in [5, 5.41) is 19.4. The molecule has 5 rings (SSSR count). The van der Waals surface area contributed by atoms with Crippen molar-refractivity contribution in [2.45, 2.75) is 61.0 Å². The van der Waals surface area contributed by atoms with E-state index in [1.165, 1.54) is 30.3 Å². The first-order chi connectivity index (χ1) is 19.2. The van der Waals surface area contributed by atoms with E-state index in [9.17, 15) is 18.3 Å². The number of aromatic hydroxyl groups is 1. The van der Waals surface area contributed by atoms with E-state index >= 15 is 0 Å². The zero-order valence-corrected chi connectivity index (χ0v) is 23.2. The molecule has 1 atom stereocenters. The van der Waals surface area contributed by atoms with Crippen molar-refractivity contribution in [2.75, 3.05) is 0 Å². The molecule has 1 heterocycles. The summed E-state index contributed by atoms with van der Waals surface area (Å²) < 4.78 is 32.6. The first-order valence-electron chi connectivity index (χ1n) is 13.5. The fraction of sp³-hybridized carbons (Fsp3) is 0.273. The fourth-order valence-corrected chi connectivity index (χ4v) is 6.98. The summed E-state index contributed by atoms with van der Waals surface area (Å²) in [5.74, 6) is 0.408. The molecule has 0 saturated heterocycles. The van der Waals surface area contributed by atoms with Gasteiger partial charge in [-0.3, -0.25) is 0 Å². The minimum atomic E-state index is -3.65. The van der Waals surface area contributed by atoms with E-state index in [1.54, 1.807) is 0 Å². The molecule has 0 bridgehead atoms. The summed E-state index contributed by atoms with van der Waals surface area (Å²) in [4.78, 5) is 12.5. The number of nitriles is 1. The average Bonchev–Trinajstić information content (AvgIpc) is 3.78. The third-order valence-corrected chi connectivity index (χ3v) is 9.51. The Kier molecular flexibility index (Phi) is 7.64. The third-order valence-electron chi connectivity index (χ3n) is 7.83. The molecule has 1 unspecified atom stereocenters. The lowest BCUT2D eigenvalue weighted by Gasteiger charge is -2.33. The lowest BCUT2D eigenvalue weighted by Crippen LogP contribution is -2.32. The summed E-state index contributed by atoms with van der Waals surface area (Å²) in [7, 11) is -3.65. The van der Waals surface area contributed by atoms with E-state index in [0.29, 0.717) is 30.6 Å². The van der Waals surface area contributed by atoms with Gasteiger partial charge in [-0.05, 0) is 84.5 Å². The molecular weight excluding hydrogens is 522 g/mol. The van der Waals surface area contributed by atoms with Crippen molar-refractivity contribution < 1.29 is 17.9 Å². The zero-order valence-electron chi connectivity index (χ0n) is 22.3. The van der Waals surface area contributed by atoms with Gasteiger partial charge in [-0.1, -0.05) is 55.5 Å². The molecule has 40 heavy (non-hydrogen) atoms. The van der Waals surface area contributed by atoms with Crippen LogP contribution < -0.4 is 5.63 Å². The van der Waals surface area contributed by atoms with Gasteiger partial charge in [0.1, 0.15) is 11.5 Å². The van der Waals surface area contributed by atoms with Crippen molar-refractivity contribution in [3.8, 4) is 11.8 Å². The van der Waals surface area contributed by atoms with Crippen LogP contribution in [0.4, 0.5) is 0 Å². The van der Waals surface area contributed by atoms with Crippen LogP contribution in [0.3, 0.4) is 0 Å². The molecule has 1 aliphatic rings. The fourth-order valence-electron chi connectivity index (χ4n) is 5.60. The quantitative estimate of drug-likeness (QED) is 0.250. The Labute approximate surface area is 234 Å². The molecule has 0 amide bonds. The molecule has 1 fully saturated rings. The number of rotatable bonds is 10. The Morgan fingerprint density at radius 2 is 1.65 bits per heavy atom. The number of hydrogen-bond donors (Lipinski definition) is 1. The molecule has 4 aromatic rings. The van der Waals surface area contributed by atoms with Gasteiger partial charge in [0, 0.05) is 11.5 Å². The molecule has 0 aliphatic heterocycles. The predicted octanol–water partition coefficient (Wildman–Crippen LogP) is 6.20. The van der Waals surface area contributed by atoms with Crippen molar-refractivity contribution >= 4 is 9.84 Å². The second kappa shape index (κ2) is 11.1. The Morgan fingerprint density at radius 1 is 0.950 bits per heavy atom. The maximum absolute atomic E-state index is 13.4. The van der Waals surface area contributed by atoms with Gasteiger partial charge >= 0.3 is 5.63 Å².